The van der Waals surface area contributed by atoms with Gasteiger partial charge in [0.1, 0.15) is 0 Å². The van der Waals surface area contributed by atoms with Crippen molar-refractivity contribution < 1.29 is 23.4 Å². The molecule has 0 aromatic carbocycles. The van der Waals surface area contributed by atoms with Crippen LogP contribution in [0, 0.1) is 0 Å². The molecule has 106 valence electrons. The highest BCUT2D eigenvalue weighted by Crippen LogP contribution is 2.19. The Labute approximate surface area is 108 Å². The number of sulfone groups is 1. The molecular formula is C11H21NO5S. The first-order valence-corrected chi connectivity index (χ1v) is 7.86. The van der Waals surface area contributed by atoms with E-state index in [1.165, 1.54) is 0 Å². The van der Waals surface area contributed by atoms with Crippen LogP contribution in [0.1, 0.15) is 26.7 Å². The van der Waals surface area contributed by atoms with Gasteiger partial charge in [-0.25, -0.2) is 8.42 Å². The number of nitrogens with zero attached hydrogens (tertiary/aromatic N) is 1. The van der Waals surface area contributed by atoms with Crippen LogP contribution in [0.3, 0.4) is 0 Å². The molecule has 1 fully saturated rings. The lowest BCUT2D eigenvalue weighted by atomic mass is 10.0. The van der Waals surface area contributed by atoms with Crippen LogP contribution in [0.4, 0.5) is 0 Å². The van der Waals surface area contributed by atoms with E-state index in [9.17, 15) is 18.3 Å². The van der Waals surface area contributed by atoms with Crippen LogP contribution >= 0.6 is 0 Å². The van der Waals surface area contributed by atoms with Crippen LogP contribution in [0.2, 0.25) is 0 Å². The number of aliphatic hydroxyl groups is 1. The lowest BCUT2D eigenvalue weighted by Crippen LogP contribution is -2.54. The lowest BCUT2D eigenvalue weighted by molar-refractivity contribution is -0.138. The van der Waals surface area contributed by atoms with Crippen molar-refractivity contribution in [2.45, 2.75) is 38.3 Å². The Kier molecular flexibility index (Phi) is 4.74. The highest BCUT2D eigenvalue weighted by atomic mass is 32.2. The van der Waals surface area contributed by atoms with E-state index < -0.39 is 27.4 Å². The summed E-state index contributed by atoms with van der Waals surface area (Å²) < 4.78 is 23.1. The summed E-state index contributed by atoms with van der Waals surface area (Å²) in [6.07, 6.45) is 0.328. The number of carboxylic acids is 1. The molecule has 2 atom stereocenters. The second-order valence-corrected chi connectivity index (χ2v) is 7.42. The Balaban J connectivity index is 2.78. The van der Waals surface area contributed by atoms with Gasteiger partial charge in [0, 0.05) is 19.1 Å². The molecule has 0 aromatic rings. The summed E-state index contributed by atoms with van der Waals surface area (Å²) in [4.78, 5) is 12.6. The third kappa shape index (κ3) is 4.55. The van der Waals surface area contributed by atoms with Crippen molar-refractivity contribution in [2.75, 3.05) is 24.6 Å². The third-order valence-corrected chi connectivity index (χ3v) is 5.07. The molecule has 1 rings (SSSR count). The first-order valence-electron chi connectivity index (χ1n) is 6.04. The van der Waals surface area contributed by atoms with E-state index in [0.29, 0.717) is 13.0 Å². The van der Waals surface area contributed by atoms with Gasteiger partial charge in [-0.15, -0.1) is 0 Å². The SMILES string of the molecule is CCC(C)(O)CN1CCS(=O)(=O)CC1CC(=O)O. The van der Waals surface area contributed by atoms with E-state index in [2.05, 4.69) is 0 Å². The fourth-order valence-corrected chi connectivity index (χ4v) is 3.66. The lowest BCUT2D eigenvalue weighted by Gasteiger charge is -2.38. The maximum absolute atomic E-state index is 11.5. The van der Waals surface area contributed by atoms with Crippen LogP contribution in [-0.4, -0.2) is 65.7 Å². The number of hydrogen-bond acceptors (Lipinski definition) is 5. The molecule has 1 heterocycles. The van der Waals surface area contributed by atoms with Crippen LogP contribution in [0.15, 0.2) is 0 Å². The smallest absolute Gasteiger partial charge is 0.304 e. The number of hydrogen-bond donors (Lipinski definition) is 2. The van der Waals surface area contributed by atoms with Gasteiger partial charge in [0.25, 0.3) is 0 Å². The topological polar surface area (TPSA) is 94.9 Å². The van der Waals surface area contributed by atoms with Crippen molar-refractivity contribution in [3.05, 3.63) is 0 Å². The average molecular weight is 279 g/mol. The van der Waals surface area contributed by atoms with Crippen molar-refractivity contribution in [1.29, 1.82) is 0 Å². The monoisotopic (exact) mass is 279 g/mol. The summed E-state index contributed by atoms with van der Waals surface area (Å²) in [6, 6.07) is -0.542. The molecule has 0 saturated carbocycles. The fourth-order valence-electron chi connectivity index (χ4n) is 2.07. The molecule has 0 aromatic heterocycles. The number of rotatable bonds is 5. The van der Waals surface area contributed by atoms with Crippen molar-refractivity contribution >= 4 is 15.8 Å². The largest absolute Gasteiger partial charge is 0.481 e. The molecule has 2 N–H and O–H groups in total. The van der Waals surface area contributed by atoms with E-state index in [4.69, 9.17) is 5.11 Å². The second-order valence-electron chi connectivity index (χ2n) is 5.19. The Bertz CT molecular complexity index is 404. The minimum atomic E-state index is -3.16. The second kappa shape index (κ2) is 5.54. The van der Waals surface area contributed by atoms with Gasteiger partial charge < -0.3 is 10.2 Å². The summed E-state index contributed by atoms with van der Waals surface area (Å²) in [5.74, 6) is -1.12. The van der Waals surface area contributed by atoms with Crippen LogP contribution in [0.5, 0.6) is 0 Å². The molecule has 0 radical (unpaired) electrons. The van der Waals surface area contributed by atoms with E-state index in [0.717, 1.165) is 0 Å². The standard InChI is InChI=1S/C11H21NO5S/c1-3-11(2,15)8-12-4-5-18(16,17)7-9(12)6-10(13)14/h9,15H,3-8H2,1-2H3,(H,13,14). The van der Waals surface area contributed by atoms with Crippen molar-refractivity contribution in [3.63, 3.8) is 0 Å². The van der Waals surface area contributed by atoms with Gasteiger partial charge in [-0.2, -0.15) is 0 Å². The summed E-state index contributed by atoms with van der Waals surface area (Å²) in [7, 11) is -3.16. The quantitative estimate of drug-likeness (QED) is 0.719. The van der Waals surface area contributed by atoms with Crippen molar-refractivity contribution in [1.82, 2.24) is 4.90 Å². The molecule has 0 spiro atoms. The molecule has 0 amide bonds. The fraction of sp³-hybridized carbons (Fsp3) is 0.909. The van der Waals surface area contributed by atoms with Gasteiger partial charge in [-0.3, -0.25) is 9.69 Å². The number of carboxylic acid groups (broad SMARTS) is 1. The zero-order chi connectivity index (χ0) is 14.0. The summed E-state index contributed by atoms with van der Waals surface area (Å²) in [5, 5.41) is 18.8. The number of aliphatic carboxylic acids is 1. The average Bonchev–Trinajstić information content (AvgIpc) is 2.21. The molecule has 1 saturated heterocycles. The minimum absolute atomic E-state index is 0.0307. The van der Waals surface area contributed by atoms with E-state index in [1.54, 1.807) is 11.8 Å². The van der Waals surface area contributed by atoms with E-state index in [1.807, 2.05) is 6.92 Å². The maximum Gasteiger partial charge on any atom is 0.304 e. The van der Waals surface area contributed by atoms with E-state index in [-0.39, 0.29) is 24.5 Å². The predicted octanol–water partition coefficient (Wildman–Crippen LogP) is -0.279. The van der Waals surface area contributed by atoms with Crippen LogP contribution in [0.25, 0.3) is 0 Å². The minimum Gasteiger partial charge on any atom is -0.481 e. The zero-order valence-corrected chi connectivity index (χ0v) is 11.6. The molecular weight excluding hydrogens is 258 g/mol. The van der Waals surface area contributed by atoms with Gasteiger partial charge in [0.2, 0.25) is 0 Å². The summed E-state index contributed by atoms with van der Waals surface area (Å²) >= 11 is 0. The molecule has 1 aliphatic rings. The highest BCUT2D eigenvalue weighted by Gasteiger charge is 2.35. The molecule has 6 nitrogen and oxygen atoms in total. The van der Waals surface area contributed by atoms with Crippen molar-refractivity contribution in [2.24, 2.45) is 0 Å². The zero-order valence-electron chi connectivity index (χ0n) is 10.8. The van der Waals surface area contributed by atoms with Gasteiger partial charge in [0.15, 0.2) is 9.84 Å². The Hall–Kier alpha value is -0.660. The van der Waals surface area contributed by atoms with Gasteiger partial charge in [0.05, 0.1) is 23.5 Å². The number of β-amino-alcohol motifs (C(OH)–C–C–N with tert-alkyl or cyclic N) is 1. The molecule has 0 bridgehead atoms. The molecule has 0 aliphatic carbocycles. The van der Waals surface area contributed by atoms with Crippen LogP contribution in [-0.2, 0) is 14.6 Å². The third-order valence-electron chi connectivity index (χ3n) is 3.37. The molecule has 7 heteroatoms. The van der Waals surface area contributed by atoms with Gasteiger partial charge in [-0.05, 0) is 13.3 Å². The maximum atomic E-state index is 11.5. The normalized spacial score (nSPS) is 27.6. The Morgan fingerprint density at radius 1 is 1.50 bits per heavy atom. The Morgan fingerprint density at radius 3 is 2.61 bits per heavy atom. The van der Waals surface area contributed by atoms with Crippen LogP contribution < -0.4 is 0 Å². The molecule has 1 aliphatic heterocycles. The number of carbonyl (C=O) groups is 1. The Morgan fingerprint density at radius 2 is 2.11 bits per heavy atom. The first kappa shape index (κ1) is 15.4. The predicted molar refractivity (Wildman–Crippen MR) is 67.2 cm³/mol. The van der Waals surface area contributed by atoms with E-state index >= 15 is 0 Å². The molecule has 2 unspecified atom stereocenters. The van der Waals surface area contributed by atoms with Gasteiger partial charge in [-0.1, -0.05) is 6.92 Å². The summed E-state index contributed by atoms with van der Waals surface area (Å²) in [6.45, 7) is 4.11. The first-order chi connectivity index (χ1) is 8.15. The molecule has 18 heavy (non-hydrogen) atoms. The summed E-state index contributed by atoms with van der Waals surface area (Å²) in [5.41, 5.74) is -0.919. The van der Waals surface area contributed by atoms with Crippen molar-refractivity contribution in [3.8, 4) is 0 Å². The highest BCUT2D eigenvalue weighted by molar-refractivity contribution is 7.91. The van der Waals surface area contributed by atoms with Gasteiger partial charge >= 0.3 is 5.97 Å².